The average molecular weight is 286 g/mol. The molecule has 0 atom stereocenters. The minimum Gasteiger partial charge on any atom is -0.296 e. The first-order valence-corrected chi connectivity index (χ1v) is 7.19. The van der Waals surface area contributed by atoms with Crippen LogP contribution in [0.2, 0.25) is 0 Å². The molecule has 1 aromatic carbocycles. The Morgan fingerprint density at radius 3 is 2.75 bits per heavy atom. The van der Waals surface area contributed by atoms with E-state index in [1.165, 1.54) is 11.1 Å². The van der Waals surface area contributed by atoms with Gasteiger partial charge in [-0.2, -0.15) is 0 Å². The number of benzene rings is 1. The van der Waals surface area contributed by atoms with Crippen molar-refractivity contribution < 1.29 is 0 Å². The van der Waals surface area contributed by atoms with Gasteiger partial charge in [0.2, 0.25) is 0 Å². The summed E-state index contributed by atoms with van der Waals surface area (Å²) in [5.41, 5.74) is 5.67. The Morgan fingerprint density at radius 2 is 2.00 bits per heavy atom. The fourth-order valence-electron chi connectivity index (χ4n) is 2.39. The average Bonchev–Trinajstić information content (AvgIpc) is 2.80. The van der Waals surface area contributed by atoms with Crippen molar-refractivity contribution in [3.05, 3.63) is 53.6 Å². The number of pyridine rings is 1. The maximum Gasteiger partial charge on any atom is 0.115 e. The summed E-state index contributed by atoms with van der Waals surface area (Å²) in [7, 11) is 0. The van der Waals surface area contributed by atoms with E-state index in [1.807, 2.05) is 6.07 Å². The van der Waals surface area contributed by atoms with Crippen LogP contribution in [-0.4, -0.2) is 20.4 Å². The van der Waals surface area contributed by atoms with Crippen LogP contribution in [0.25, 0.3) is 16.7 Å². The van der Waals surface area contributed by atoms with Gasteiger partial charge in [0.1, 0.15) is 11.3 Å². The molecule has 0 unspecified atom stereocenters. The number of imidazole rings is 1. The van der Waals surface area contributed by atoms with Gasteiger partial charge < -0.3 is 0 Å². The Balaban J connectivity index is 2.26. The molecule has 0 aliphatic rings. The summed E-state index contributed by atoms with van der Waals surface area (Å²) < 4.78 is 2.17. The third-order valence-corrected chi connectivity index (χ3v) is 3.78. The lowest BCUT2D eigenvalue weighted by molar-refractivity contribution is 0.911. The number of hydrogen-bond donors (Lipinski definition) is 0. The molecule has 0 aliphatic heterocycles. The molecule has 0 saturated heterocycles. The Labute approximate surface area is 123 Å². The summed E-state index contributed by atoms with van der Waals surface area (Å²) in [6.45, 7) is 4.25. The quantitative estimate of drug-likeness (QED) is 0.685. The molecule has 3 rings (SSSR count). The van der Waals surface area contributed by atoms with Gasteiger partial charge in [0, 0.05) is 24.2 Å². The van der Waals surface area contributed by atoms with E-state index in [2.05, 4.69) is 46.6 Å². The molecule has 0 amide bonds. The van der Waals surface area contributed by atoms with Crippen molar-refractivity contribution in [1.29, 1.82) is 0 Å². The predicted molar refractivity (Wildman–Crippen MR) is 82.8 cm³/mol. The Bertz CT molecular complexity index is 762. The van der Waals surface area contributed by atoms with Gasteiger partial charge in [-0.25, -0.2) is 4.98 Å². The lowest BCUT2D eigenvalue weighted by Gasteiger charge is -2.10. The number of aryl methyl sites for hydroxylation is 3. The van der Waals surface area contributed by atoms with Gasteiger partial charge in [-0.3, -0.25) is 9.55 Å². The SMILES string of the molecule is Cc1ccc(-n2c(CCCl)nc3cnccc32)cc1C. The summed E-state index contributed by atoms with van der Waals surface area (Å²) in [6.07, 6.45) is 4.33. The number of fused-ring (bicyclic) bond motifs is 1. The van der Waals surface area contributed by atoms with E-state index in [-0.39, 0.29) is 0 Å². The second-order valence-electron chi connectivity index (χ2n) is 4.94. The molecule has 0 N–H and O–H groups in total. The lowest BCUT2D eigenvalue weighted by atomic mass is 10.1. The minimum absolute atomic E-state index is 0.557. The number of rotatable bonds is 3. The van der Waals surface area contributed by atoms with Gasteiger partial charge in [0.05, 0.1) is 11.7 Å². The molecule has 4 heteroatoms. The lowest BCUT2D eigenvalue weighted by Crippen LogP contribution is -2.02. The Kier molecular flexibility index (Phi) is 3.45. The van der Waals surface area contributed by atoms with Crippen LogP contribution >= 0.6 is 11.6 Å². The van der Waals surface area contributed by atoms with Crippen LogP contribution in [0.5, 0.6) is 0 Å². The van der Waals surface area contributed by atoms with Crippen molar-refractivity contribution >= 4 is 22.6 Å². The van der Waals surface area contributed by atoms with Crippen LogP contribution in [0.1, 0.15) is 17.0 Å². The first-order chi connectivity index (χ1) is 9.70. The first kappa shape index (κ1) is 13.1. The molecule has 3 aromatic rings. The van der Waals surface area contributed by atoms with Crippen molar-refractivity contribution in [2.45, 2.75) is 20.3 Å². The van der Waals surface area contributed by atoms with Crippen LogP contribution in [0.4, 0.5) is 0 Å². The first-order valence-electron chi connectivity index (χ1n) is 6.65. The third-order valence-electron chi connectivity index (χ3n) is 3.59. The monoisotopic (exact) mass is 285 g/mol. The van der Waals surface area contributed by atoms with E-state index in [0.717, 1.165) is 29.0 Å². The second kappa shape index (κ2) is 5.25. The highest BCUT2D eigenvalue weighted by atomic mass is 35.5. The Hall–Kier alpha value is -1.87. The van der Waals surface area contributed by atoms with Gasteiger partial charge in [-0.15, -0.1) is 11.6 Å². The van der Waals surface area contributed by atoms with Gasteiger partial charge in [0.15, 0.2) is 0 Å². The number of aromatic nitrogens is 3. The highest BCUT2D eigenvalue weighted by Crippen LogP contribution is 2.23. The number of alkyl halides is 1. The van der Waals surface area contributed by atoms with Gasteiger partial charge in [0.25, 0.3) is 0 Å². The summed E-state index contributed by atoms with van der Waals surface area (Å²) in [5.74, 6) is 1.54. The van der Waals surface area contributed by atoms with Crippen molar-refractivity contribution in [3.63, 3.8) is 0 Å². The van der Waals surface area contributed by atoms with Crippen LogP contribution in [0.15, 0.2) is 36.7 Å². The molecule has 0 aliphatic carbocycles. The second-order valence-corrected chi connectivity index (χ2v) is 5.31. The van der Waals surface area contributed by atoms with E-state index in [1.54, 1.807) is 12.4 Å². The molecular formula is C16H16ClN3. The summed E-state index contributed by atoms with van der Waals surface area (Å²) in [6, 6.07) is 8.45. The zero-order valence-electron chi connectivity index (χ0n) is 11.6. The molecule has 2 heterocycles. The fourth-order valence-corrected chi connectivity index (χ4v) is 2.56. The summed E-state index contributed by atoms with van der Waals surface area (Å²) >= 11 is 5.91. The molecule has 3 nitrogen and oxygen atoms in total. The zero-order chi connectivity index (χ0) is 14.1. The molecule has 0 bridgehead atoms. The van der Waals surface area contributed by atoms with Crippen molar-refractivity contribution in [1.82, 2.24) is 14.5 Å². The summed E-state index contributed by atoms with van der Waals surface area (Å²) in [5, 5.41) is 0. The van der Waals surface area contributed by atoms with E-state index in [9.17, 15) is 0 Å². The predicted octanol–water partition coefficient (Wildman–Crippen LogP) is 3.82. The highest BCUT2D eigenvalue weighted by molar-refractivity contribution is 6.17. The third kappa shape index (κ3) is 2.18. The minimum atomic E-state index is 0.557. The van der Waals surface area contributed by atoms with Crippen molar-refractivity contribution in [3.8, 4) is 5.69 Å². The largest absolute Gasteiger partial charge is 0.296 e. The fraction of sp³-hybridized carbons (Fsp3) is 0.250. The topological polar surface area (TPSA) is 30.7 Å². The van der Waals surface area contributed by atoms with E-state index in [4.69, 9.17) is 11.6 Å². The zero-order valence-corrected chi connectivity index (χ0v) is 12.4. The standard InChI is InChI=1S/C16H16ClN3/c1-11-3-4-13(9-12(11)2)20-15-6-8-18-10-14(15)19-16(20)5-7-17/h3-4,6,8-10H,5,7H2,1-2H3. The molecule has 0 spiro atoms. The molecule has 20 heavy (non-hydrogen) atoms. The molecular weight excluding hydrogens is 270 g/mol. The molecule has 0 radical (unpaired) electrons. The smallest absolute Gasteiger partial charge is 0.115 e. The molecule has 0 saturated carbocycles. The van der Waals surface area contributed by atoms with Crippen molar-refractivity contribution in [2.75, 3.05) is 5.88 Å². The van der Waals surface area contributed by atoms with Gasteiger partial charge in [-0.1, -0.05) is 6.07 Å². The van der Waals surface area contributed by atoms with Crippen LogP contribution in [0, 0.1) is 13.8 Å². The van der Waals surface area contributed by atoms with Gasteiger partial charge in [-0.05, 0) is 43.2 Å². The van der Waals surface area contributed by atoms with E-state index >= 15 is 0 Å². The number of hydrogen-bond acceptors (Lipinski definition) is 2. The molecule has 2 aromatic heterocycles. The molecule has 102 valence electrons. The van der Waals surface area contributed by atoms with Crippen LogP contribution in [-0.2, 0) is 6.42 Å². The maximum atomic E-state index is 5.91. The Morgan fingerprint density at radius 1 is 1.15 bits per heavy atom. The number of nitrogens with zero attached hydrogens (tertiary/aromatic N) is 3. The molecule has 0 fully saturated rings. The maximum absolute atomic E-state index is 5.91. The number of halogens is 1. The van der Waals surface area contributed by atoms with Gasteiger partial charge >= 0.3 is 0 Å². The normalized spacial score (nSPS) is 11.2. The summed E-state index contributed by atoms with van der Waals surface area (Å²) in [4.78, 5) is 8.79. The van der Waals surface area contributed by atoms with Crippen molar-refractivity contribution in [2.24, 2.45) is 0 Å². The van der Waals surface area contributed by atoms with E-state index in [0.29, 0.717) is 5.88 Å². The van der Waals surface area contributed by atoms with Crippen LogP contribution < -0.4 is 0 Å². The van der Waals surface area contributed by atoms with Crippen LogP contribution in [0.3, 0.4) is 0 Å². The van der Waals surface area contributed by atoms with E-state index < -0.39 is 0 Å². The highest BCUT2D eigenvalue weighted by Gasteiger charge is 2.12.